The van der Waals surface area contributed by atoms with E-state index in [0.717, 1.165) is 33.8 Å². The maximum absolute atomic E-state index is 2.37. The van der Waals surface area contributed by atoms with Gasteiger partial charge in [-0.05, 0) is 121 Å². The minimum absolute atomic E-state index is 1.13. The zero-order valence-electron chi connectivity index (χ0n) is 34.0. The molecule has 10 rings (SSSR count). The lowest BCUT2D eigenvalue weighted by atomic mass is 9.86. The molecule has 6 nitrogen and oxygen atoms in total. The Kier molecular flexibility index (Phi) is 9.43. The molecular formula is C54H45N6+3. The Hall–Kier alpha value is -7.83. The second-order valence-electron chi connectivity index (χ2n) is 15.5. The zero-order valence-corrected chi connectivity index (χ0v) is 34.0. The van der Waals surface area contributed by atoms with E-state index < -0.39 is 0 Å². The van der Waals surface area contributed by atoms with Crippen molar-refractivity contribution < 1.29 is 13.7 Å². The molecule has 0 spiro atoms. The van der Waals surface area contributed by atoms with E-state index in [1.807, 2.05) is 21.1 Å². The van der Waals surface area contributed by atoms with Crippen LogP contribution in [0.3, 0.4) is 0 Å². The zero-order chi connectivity index (χ0) is 40.6. The molecule has 0 saturated heterocycles. The lowest BCUT2D eigenvalue weighted by molar-refractivity contribution is -0.670. The van der Waals surface area contributed by atoms with Gasteiger partial charge < -0.3 is 0 Å². The standard InChI is InChI=1S/C54H45N6/c1-55-28-31-58(37-55)46-22-16-40(17-23-46)49-10-4-7-13-52(49)43-34-44(53-14-8-5-11-50(53)41-18-24-47(25-19-41)59-32-29-56(2)38-59)36-45(35-43)54-15-9-6-12-51(54)42-20-26-48(27-21-42)60-33-30-57(3)39-60/h4-39H,1-3H3/q+3. The van der Waals surface area contributed by atoms with Crippen LogP contribution in [0.25, 0.3) is 83.8 Å². The molecule has 6 heteroatoms. The summed E-state index contributed by atoms with van der Waals surface area (Å²) in [5.74, 6) is 0. The third-order valence-electron chi connectivity index (χ3n) is 11.4. The molecule has 0 fully saturated rings. The number of nitrogens with zero attached hydrogens (tertiary/aromatic N) is 6. The van der Waals surface area contributed by atoms with Gasteiger partial charge in [0.25, 0.3) is 0 Å². The number of aromatic nitrogens is 6. The Labute approximate surface area is 351 Å². The Morgan fingerprint density at radius 3 is 0.733 bits per heavy atom. The van der Waals surface area contributed by atoms with Crippen LogP contribution < -0.4 is 13.7 Å². The first-order chi connectivity index (χ1) is 29.4. The first kappa shape index (κ1) is 36.5. The Morgan fingerprint density at radius 2 is 0.517 bits per heavy atom. The van der Waals surface area contributed by atoms with Gasteiger partial charge in [-0.1, -0.05) is 109 Å². The van der Waals surface area contributed by atoms with Crippen LogP contribution in [0, 0.1) is 0 Å². The monoisotopic (exact) mass is 777 g/mol. The molecule has 0 radical (unpaired) electrons. The van der Waals surface area contributed by atoms with Gasteiger partial charge in [-0.15, -0.1) is 0 Å². The molecule has 0 amide bonds. The van der Waals surface area contributed by atoms with Gasteiger partial charge in [0.1, 0.15) is 54.2 Å². The van der Waals surface area contributed by atoms with Crippen LogP contribution in [0.4, 0.5) is 0 Å². The molecule has 0 N–H and O–H groups in total. The molecule has 0 aliphatic carbocycles. The van der Waals surface area contributed by atoms with Crippen molar-refractivity contribution in [2.45, 2.75) is 0 Å². The van der Waals surface area contributed by atoms with Crippen LogP contribution in [-0.4, -0.2) is 13.7 Å². The lowest BCUT2D eigenvalue weighted by Gasteiger charge is -2.18. The molecule has 10 aromatic rings. The van der Waals surface area contributed by atoms with Crippen LogP contribution in [0.5, 0.6) is 0 Å². The molecular weight excluding hydrogens is 733 g/mol. The molecule has 7 aromatic carbocycles. The number of imidazole rings is 3. The van der Waals surface area contributed by atoms with Crippen molar-refractivity contribution >= 4 is 0 Å². The quantitative estimate of drug-likeness (QED) is 0.131. The smallest absolute Gasteiger partial charge is 0.239 e. The predicted octanol–water partition coefficient (Wildman–Crippen LogP) is 10.5. The van der Waals surface area contributed by atoms with Gasteiger partial charge in [0.2, 0.25) is 19.0 Å². The van der Waals surface area contributed by atoms with Crippen LogP contribution in [0.2, 0.25) is 0 Å². The fourth-order valence-corrected chi connectivity index (χ4v) is 8.30. The van der Waals surface area contributed by atoms with Crippen molar-refractivity contribution in [3.8, 4) is 83.8 Å². The highest BCUT2D eigenvalue weighted by molar-refractivity contribution is 5.94. The van der Waals surface area contributed by atoms with Gasteiger partial charge in [-0.3, -0.25) is 0 Å². The van der Waals surface area contributed by atoms with Crippen LogP contribution in [0.1, 0.15) is 0 Å². The van der Waals surface area contributed by atoms with Gasteiger partial charge in [0.05, 0.1) is 21.1 Å². The molecule has 3 aromatic heterocycles. The lowest BCUT2D eigenvalue weighted by Crippen LogP contribution is -2.23. The molecule has 60 heavy (non-hydrogen) atoms. The minimum atomic E-state index is 1.13. The molecule has 0 aliphatic rings. The van der Waals surface area contributed by atoms with E-state index in [-0.39, 0.29) is 0 Å². The molecule has 288 valence electrons. The number of benzene rings is 7. The highest BCUT2D eigenvalue weighted by Gasteiger charge is 2.17. The van der Waals surface area contributed by atoms with E-state index in [0.29, 0.717) is 0 Å². The van der Waals surface area contributed by atoms with Gasteiger partial charge in [-0.25, -0.2) is 27.4 Å². The normalized spacial score (nSPS) is 11.2. The summed E-state index contributed by atoms with van der Waals surface area (Å²) >= 11 is 0. The van der Waals surface area contributed by atoms with Crippen molar-refractivity contribution in [2.75, 3.05) is 0 Å². The van der Waals surface area contributed by atoms with Gasteiger partial charge in [0, 0.05) is 0 Å². The highest BCUT2D eigenvalue weighted by Crippen LogP contribution is 2.42. The number of hydrogen-bond acceptors (Lipinski definition) is 0. The van der Waals surface area contributed by atoms with Gasteiger partial charge in [0.15, 0.2) is 0 Å². The second-order valence-corrected chi connectivity index (χ2v) is 15.5. The van der Waals surface area contributed by atoms with Crippen LogP contribution >= 0.6 is 0 Å². The summed E-state index contributed by atoms with van der Waals surface area (Å²) in [5.41, 5.74) is 17.5. The number of aryl methyl sites for hydroxylation is 3. The summed E-state index contributed by atoms with van der Waals surface area (Å²) in [6.45, 7) is 0. The summed E-state index contributed by atoms with van der Waals surface area (Å²) in [4.78, 5) is 0. The van der Waals surface area contributed by atoms with Crippen molar-refractivity contribution in [3.05, 3.63) is 220 Å². The molecule has 0 unspecified atom stereocenters. The maximum Gasteiger partial charge on any atom is 0.248 e. The topological polar surface area (TPSA) is 26.4 Å². The largest absolute Gasteiger partial charge is 0.248 e. The molecule has 0 atom stereocenters. The highest BCUT2D eigenvalue weighted by atomic mass is 15.1. The van der Waals surface area contributed by atoms with Crippen molar-refractivity contribution in [1.29, 1.82) is 0 Å². The molecule has 0 bridgehead atoms. The third kappa shape index (κ3) is 7.16. The number of rotatable bonds is 9. The Bertz CT molecular complexity index is 2760. The van der Waals surface area contributed by atoms with E-state index in [9.17, 15) is 0 Å². The average Bonchev–Trinajstić information content (AvgIpc) is 4.07. The third-order valence-corrected chi connectivity index (χ3v) is 11.4. The first-order valence-corrected chi connectivity index (χ1v) is 20.3. The predicted molar refractivity (Wildman–Crippen MR) is 241 cm³/mol. The van der Waals surface area contributed by atoms with Crippen molar-refractivity contribution in [2.24, 2.45) is 21.1 Å². The summed E-state index contributed by atoms with van der Waals surface area (Å²) < 4.78 is 12.6. The van der Waals surface area contributed by atoms with E-state index in [2.05, 4.69) is 247 Å². The number of hydrogen-bond donors (Lipinski definition) is 0. The van der Waals surface area contributed by atoms with E-state index in [1.54, 1.807) is 0 Å². The summed E-state index contributed by atoms with van der Waals surface area (Å²) in [6.07, 6.45) is 18.7. The van der Waals surface area contributed by atoms with Crippen LogP contribution in [0.15, 0.2) is 220 Å². The SMILES string of the molecule is C[n+]1ccn(-c2ccc(-c3ccccc3-c3cc(-c4ccccc4-c4ccc(-n5cc[n+](C)c5)cc4)cc(-c4ccccc4-c4ccc(-n5cc[n+](C)c5)cc4)c3)cc2)c1. The van der Waals surface area contributed by atoms with E-state index in [1.165, 1.54) is 50.1 Å². The van der Waals surface area contributed by atoms with Gasteiger partial charge >= 0.3 is 0 Å². The maximum atomic E-state index is 2.37. The summed E-state index contributed by atoms with van der Waals surface area (Å²) in [5, 5.41) is 0. The second kappa shape index (κ2) is 15.5. The molecule has 0 aliphatic heterocycles. The Morgan fingerprint density at radius 1 is 0.283 bits per heavy atom. The van der Waals surface area contributed by atoms with Crippen molar-refractivity contribution in [1.82, 2.24) is 13.7 Å². The Balaban J connectivity index is 1.12. The van der Waals surface area contributed by atoms with Gasteiger partial charge in [-0.2, -0.15) is 0 Å². The summed E-state index contributed by atoms with van der Waals surface area (Å²) in [7, 11) is 6.13. The fourth-order valence-electron chi connectivity index (χ4n) is 8.30. The van der Waals surface area contributed by atoms with E-state index in [4.69, 9.17) is 0 Å². The average molecular weight is 778 g/mol. The minimum Gasteiger partial charge on any atom is -0.239 e. The van der Waals surface area contributed by atoms with E-state index >= 15 is 0 Å². The first-order valence-electron chi connectivity index (χ1n) is 20.3. The van der Waals surface area contributed by atoms with Crippen molar-refractivity contribution in [3.63, 3.8) is 0 Å². The molecule has 3 heterocycles. The van der Waals surface area contributed by atoms with Crippen LogP contribution in [-0.2, 0) is 21.1 Å². The summed E-state index contributed by atoms with van der Waals surface area (Å²) in [6, 6.07) is 60.1. The fraction of sp³-hybridized carbons (Fsp3) is 0.0556. The molecule has 0 saturated carbocycles.